The molecule has 1 aliphatic heterocycles. The molecule has 7 unspecified atom stereocenters. The van der Waals surface area contributed by atoms with Crippen LogP contribution in [0.15, 0.2) is 78.3 Å². The molecule has 7 atom stereocenters. The second-order valence-corrected chi connectivity index (χ2v) is 18.3. The number of aromatic nitrogens is 3. The molecule has 0 radical (unpaired) electrons. The summed E-state index contributed by atoms with van der Waals surface area (Å²) in [6, 6.07) is 7.78. The van der Waals surface area contributed by atoms with Crippen LogP contribution in [0, 0.1) is 0 Å². The van der Waals surface area contributed by atoms with Crippen molar-refractivity contribution in [3.63, 3.8) is 0 Å². The van der Waals surface area contributed by atoms with Crippen molar-refractivity contribution in [2.24, 2.45) is 22.2 Å². The van der Waals surface area contributed by atoms with Crippen molar-refractivity contribution in [3.8, 4) is 0 Å². The van der Waals surface area contributed by atoms with Crippen LogP contribution >= 0.6 is 0 Å². The zero-order chi connectivity index (χ0) is 54.3. The number of carbonyl (C=O) groups is 9. The molecule has 0 saturated carbocycles. The normalized spacial score (nSPS) is 20.3. The SMILES string of the molecule is CCCCC(NC(C)=O)C(=O)NC1CNC(=O)CCC(=O)NCC(C(=O)NC(Cc2c[nH]c3ccccc23)C(N)=O)NCC(CCCN=C(N)N)NC(=O)C(Cc2ccccc2)NC(=O)C(Cc2cnc[nH]2)NC1=O. The van der Waals surface area contributed by atoms with Crippen molar-refractivity contribution in [1.29, 1.82) is 0 Å². The highest BCUT2D eigenvalue weighted by atomic mass is 16.2. The fourth-order valence-electron chi connectivity index (χ4n) is 8.30. The molecule has 17 N–H and O–H groups in total. The molecule has 404 valence electrons. The molecule has 3 heterocycles. The molecular formula is C50H70N16O9. The van der Waals surface area contributed by atoms with E-state index >= 15 is 0 Å². The number of carbonyl (C=O) groups excluding carboxylic acids is 9. The van der Waals surface area contributed by atoms with Crippen LogP contribution in [0.25, 0.3) is 10.9 Å². The highest BCUT2D eigenvalue weighted by molar-refractivity contribution is 5.96. The Bertz CT molecular complexity index is 2600. The summed E-state index contributed by atoms with van der Waals surface area (Å²) >= 11 is 0. The number of guanidine groups is 1. The second kappa shape index (κ2) is 29.4. The molecule has 0 aliphatic carbocycles. The van der Waals surface area contributed by atoms with Crippen molar-refractivity contribution in [2.45, 2.75) is 120 Å². The zero-order valence-electron chi connectivity index (χ0n) is 42.2. The lowest BCUT2D eigenvalue weighted by Gasteiger charge is -2.28. The van der Waals surface area contributed by atoms with E-state index in [0.29, 0.717) is 36.1 Å². The van der Waals surface area contributed by atoms with Gasteiger partial charge >= 0.3 is 0 Å². The van der Waals surface area contributed by atoms with Gasteiger partial charge in [0.2, 0.25) is 53.2 Å². The number of aliphatic imine (C=N–C) groups is 1. The van der Waals surface area contributed by atoms with Gasteiger partial charge in [-0.1, -0.05) is 68.3 Å². The number of nitrogens with two attached hydrogens (primary N) is 3. The minimum atomic E-state index is -1.52. The predicted molar refractivity (Wildman–Crippen MR) is 277 cm³/mol. The smallest absolute Gasteiger partial charge is 0.245 e. The third kappa shape index (κ3) is 19.2. The van der Waals surface area contributed by atoms with Gasteiger partial charge in [-0.15, -0.1) is 0 Å². The third-order valence-corrected chi connectivity index (χ3v) is 12.3. The Balaban J connectivity index is 1.50. The number of unbranched alkanes of at least 4 members (excludes halogenated alkanes) is 1. The Hall–Kier alpha value is -8.35. The summed E-state index contributed by atoms with van der Waals surface area (Å²) in [5.41, 5.74) is 19.6. The van der Waals surface area contributed by atoms with Gasteiger partial charge in [-0.05, 0) is 36.5 Å². The maximum atomic E-state index is 14.6. The highest BCUT2D eigenvalue weighted by Crippen LogP contribution is 2.19. The largest absolute Gasteiger partial charge is 0.370 e. The molecule has 5 rings (SSSR count). The van der Waals surface area contributed by atoms with Crippen molar-refractivity contribution >= 4 is 70.0 Å². The Morgan fingerprint density at radius 3 is 2.13 bits per heavy atom. The average Bonchev–Trinajstić information content (AvgIpc) is 4.06. The molecular weight excluding hydrogens is 969 g/mol. The lowest BCUT2D eigenvalue weighted by atomic mass is 10.0. The van der Waals surface area contributed by atoms with E-state index in [-0.39, 0.29) is 64.1 Å². The summed E-state index contributed by atoms with van der Waals surface area (Å²) in [7, 11) is 0. The Labute approximate surface area is 433 Å². The maximum absolute atomic E-state index is 14.6. The fourth-order valence-corrected chi connectivity index (χ4v) is 8.30. The number of benzene rings is 2. The number of amides is 9. The number of nitrogens with one attached hydrogen (secondary N) is 11. The molecule has 25 heteroatoms. The Kier molecular flexibility index (Phi) is 22.5. The first-order chi connectivity index (χ1) is 36.0. The molecule has 1 saturated heterocycles. The van der Waals surface area contributed by atoms with E-state index in [2.05, 4.69) is 67.8 Å². The number of nitrogens with zero attached hydrogens (tertiary/aromatic N) is 2. The van der Waals surface area contributed by atoms with Gasteiger partial charge in [-0.2, -0.15) is 0 Å². The first-order valence-electron chi connectivity index (χ1n) is 25.0. The Morgan fingerprint density at radius 1 is 0.773 bits per heavy atom. The van der Waals surface area contributed by atoms with Gasteiger partial charge in [0.25, 0.3) is 0 Å². The van der Waals surface area contributed by atoms with Crippen LogP contribution in [0.1, 0.15) is 75.6 Å². The van der Waals surface area contributed by atoms with Crippen LogP contribution in [-0.2, 0) is 62.4 Å². The molecule has 25 nitrogen and oxygen atoms in total. The zero-order valence-corrected chi connectivity index (χ0v) is 42.2. The molecule has 1 aliphatic rings. The van der Waals surface area contributed by atoms with Crippen LogP contribution in [0.3, 0.4) is 0 Å². The van der Waals surface area contributed by atoms with Crippen LogP contribution in [0.5, 0.6) is 0 Å². The lowest BCUT2D eigenvalue weighted by molar-refractivity contribution is -0.134. The summed E-state index contributed by atoms with van der Waals surface area (Å²) in [6.45, 7) is 2.35. The van der Waals surface area contributed by atoms with E-state index in [1.54, 1.807) is 36.5 Å². The number of imidazole rings is 1. The van der Waals surface area contributed by atoms with Crippen molar-refractivity contribution in [3.05, 3.63) is 90.1 Å². The predicted octanol–water partition coefficient (Wildman–Crippen LogP) is -2.44. The standard InChI is InChI=1S/C50H70N16O9/c1-3-4-15-36(61-29(2)67)45(71)66-41-27-59-43(69)18-17-42(68)58-26-40(48(74)63-37(44(51)70)21-31-23-56-35-16-9-8-14-34(31)35)57-25-32(13-10-19-55-50(52)53)62-46(72)38(20-30-11-6-5-7-12-30)64-47(73)39(65-49(41)75)22-33-24-54-28-60-33/h5-9,11-12,14,16,23-24,28,32,36-41,56-57H,3-4,10,13,15,17-22,25-27H2,1-2H3,(H2,51,70)(H,54,60)(H,58,68)(H,59,69)(H,61,67)(H,62,72)(H,63,74)(H,64,73)(H,65,75)(H,66,71)(H4,52,53,55). The highest BCUT2D eigenvalue weighted by Gasteiger charge is 2.34. The minimum absolute atomic E-state index is 0.0215. The molecule has 0 spiro atoms. The van der Waals surface area contributed by atoms with Gasteiger partial charge < -0.3 is 75.0 Å². The minimum Gasteiger partial charge on any atom is -0.370 e. The number of primary amides is 1. The lowest BCUT2D eigenvalue weighted by Crippen LogP contribution is -2.61. The summed E-state index contributed by atoms with van der Waals surface area (Å²) in [5.74, 6) is -6.59. The first kappa shape index (κ1) is 57.5. The Morgan fingerprint density at radius 2 is 1.45 bits per heavy atom. The summed E-state index contributed by atoms with van der Waals surface area (Å²) < 4.78 is 0. The van der Waals surface area contributed by atoms with Crippen LogP contribution in [0.2, 0.25) is 0 Å². The molecule has 2 aromatic heterocycles. The van der Waals surface area contributed by atoms with Crippen molar-refractivity contribution in [2.75, 3.05) is 26.2 Å². The monoisotopic (exact) mass is 1040 g/mol. The van der Waals surface area contributed by atoms with Gasteiger partial charge in [0.15, 0.2) is 5.96 Å². The summed E-state index contributed by atoms with van der Waals surface area (Å²) in [5, 5.41) is 25.6. The summed E-state index contributed by atoms with van der Waals surface area (Å²) in [4.78, 5) is 137. The van der Waals surface area contributed by atoms with Crippen molar-refractivity contribution < 1.29 is 43.2 Å². The third-order valence-electron chi connectivity index (χ3n) is 12.3. The van der Waals surface area contributed by atoms with Gasteiger partial charge in [-0.3, -0.25) is 48.1 Å². The topological polar surface area (TPSA) is 397 Å². The number of rotatable bonds is 19. The number of aromatic amines is 2. The number of hydrogen-bond donors (Lipinski definition) is 14. The fraction of sp³-hybridized carbons (Fsp3) is 0.460. The molecule has 2 aromatic carbocycles. The molecule has 1 fully saturated rings. The molecule has 4 aromatic rings. The average molecular weight is 1040 g/mol. The molecule has 0 bridgehead atoms. The van der Waals surface area contributed by atoms with E-state index in [4.69, 9.17) is 17.2 Å². The van der Waals surface area contributed by atoms with Crippen LogP contribution < -0.4 is 65.1 Å². The quantitative estimate of drug-likeness (QED) is 0.0264. The van der Waals surface area contributed by atoms with Gasteiger partial charge in [-0.25, -0.2) is 4.98 Å². The number of para-hydroxylation sites is 1. The van der Waals surface area contributed by atoms with Crippen molar-refractivity contribution in [1.82, 2.24) is 62.8 Å². The molecule has 9 amide bonds. The maximum Gasteiger partial charge on any atom is 0.245 e. The summed E-state index contributed by atoms with van der Waals surface area (Å²) in [6.07, 6.45) is 5.66. The van der Waals surface area contributed by atoms with Gasteiger partial charge in [0.05, 0.1) is 6.33 Å². The van der Waals surface area contributed by atoms with E-state index in [9.17, 15) is 43.2 Å². The van der Waals surface area contributed by atoms with Gasteiger partial charge in [0, 0.05) is 100 Å². The number of fused-ring (bicyclic) bond motifs is 1. The van der Waals surface area contributed by atoms with Crippen LogP contribution in [0.4, 0.5) is 0 Å². The number of H-pyrrole nitrogens is 2. The molecule has 75 heavy (non-hydrogen) atoms. The first-order valence-corrected chi connectivity index (χ1v) is 25.0. The number of hydrogen-bond acceptors (Lipinski definition) is 12. The van der Waals surface area contributed by atoms with E-state index in [1.165, 1.54) is 19.4 Å². The van der Waals surface area contributed by atoms with Gasteiger partial charge in [0.1, 0.15) is 36.3 Å². The van der Waals surface area contributed by atoms with E-state index < -0.39 is 108 Å². The van der Waals surface area contributed by atoms with E-state index in [0.717, 1.165) is 10.9 Å². The second-order valence-electron chi connectivity index (χ2n) is 18.3. The van der Waals surface area contributed by atoms with E-state index in [1.807, 2.05) is 31.2 Å². The van der Waals surface area contributed by atoms with Crippen LogP contribution in [-0.4, -0.2) is 143 Å².